The number of imidazole rings is 1. The van der Waals surface area contributed by atoms with Crippen molar-refractivity contribution in [3.63, 3.8) is 0 Å². The van der Waals surface area contributed by atoms with Crippen LogP contribution in [0.5, 0.6) is 0 Å². The molecule has 2 N–H and O–H groups in total. The number of aromatic amines is 1. The maximum absolute atomic E-state index is 13.2. The molecule has 9 heteroatoms. The first-order valence-corrected chi connectivity index (χ1v) is 12.3. The number of aromatic nitrogens is 2. The van der Waals surface area contributed by atoms with Gasteiger partial charge in [-0.15, -0.1) is 22.7 Å². The van der Waals surface area contributed by atoms with Crippen molar-refractivity contribution in [2.75, 3.05) is 16.8 Å². The molecule has 0 saturated carbocycles. The van der Waals surface area contributed by atoms with Crippen molar-refractivity contribution in [1.82, 2.24) is 9.97 Å². The van der Waals surface area contributed by atoms with Gasteiger partial charge in [-0.3, -0.25) is 14.5 Å². The number of thiophene rings is 2. The van der Waals surface area contributed by atoms with Gasteiger partial charge >= 0.3 is 0 Å². The third-order valence-electron chi connectivity index (χ3n) is 4.88. The van der Waals surface area contributed by atoms with Gasteiger partial charge in [0.25, 0.3) is 0 Å². The lowest BCUT2D eigenvalue weighted by molar-refractivity contribution is -0.121. The SMILES string of the molecule is CC(Sc1nc(-c2cccs2)c(-c2cccs2)[nH]1)C(=O)N1CC(=O)Nc2ccccc21. The predicted octanol–water partition coefficient (Wildman–Crippen LogP) is 5.33. The summed E-state index contributed by atoms with van der Waals surface area (Å²) >= 11 is 4.65. The summed E-state index contributed by atoms with van der Waals surface area (Å²) in [4.78, 5) is 37.3. The smallest absolute Gasteiger partial charge is 0.244 e. The van der Waals surface area contributed by atoms with Crippen LogP contribution in [0.15, 0.2) is 64.4 Å². The second kappa shape index (κ2) is 8.33. The maximum Gasteiger partial charge on any atom is 0.244 e. The van der Waals surface area contributed by atoms with Crippen molar-refractivity contribution in [3.8, 4) is 21.1 Å². The maximum atomic E-state index is 13.2. The summed E-state index contributed by atoms with van der Waals surface area (Å²) in [6.07, 6.45) is 0. The van der Waals surface area contributed by atoms with Gasteiger partial charge in [0.2, 0.25) is 11.8 Å². The number of hydrogen-bond acceptors (Lipinski definition) is 6. The molecule has 2 amide bonds. The summed E-state index contributed by atoms with van der Waals surface area (Å²) in [5, 5.41) is 7.15. The fourth-order valence-electron chi connectivity index (χ4n) is 3.47. The third-order valence-corrected chi connectivity index (χ3v) is 7.61. The van der Waals surface area contributed by atoms with Crippen molar-refractivity contribution >= 4 is 57.6 Å². The van der Waals surface area contributed by atoms with Crippen LogP contribution in [0.25, 0.3) is 21.1 Å². The second-order valence-electron chi connectivity index (χ2n) is 6.97. The minimum atomic E-state index is -0.419. The van der Waals surface area contributed by atoms with Crippen LogP contribution < -0.4 is 10.2 Å². The Morgan fingerprint density at radius 2 is 1.84 bits per heavy atom. The Bertz CT molecular complexity index is 1180. The molecule has 1 aromatic carbocycles. The summed E-state index contributed by atoms with van der Waals surface area (Å²) in [7, 11) is 0. The first kappa shape index (κ1) is 20.0. The van der Waals surface area contributed by atoms with Crippen LogP contribution in [0, 0.1) is 0 Å². The van der Waals surface area contributed by atoms with E-state index in [2.05, 4.69) is 16.4 Å². The van der Waals surface area contributed by atoms with Gasteiger partial charge in [0.05, 0.1) is 32.1 Å². The monoisotopic (exact) mass is 466 g/mol. The normalized spacial score (nSPS) is 14.2. The molecule has 1 atom stereocenters. The molecule has 1 aliphatic rings. The van der Waals surface area contributed by atoms with Crippen LogP contribution in [-0.4, -0.2) is 33.6 Å². The van der Waals surface area contributed by atoms with Gasteiger partial charge in [0.1, 0.15) is 12.2 Å². The zero-order valence-electron chi connectivity index (χ0n) is 16.5. The van der Waals surface area contributed by atoms with E-state index in [-0.39, 0.29) is 18.4 Å². The lowest BCUT2D eigenvalue weighted by Crippen LogP contribution is -2.45. The number of carbonyl (C=O) groups excluding carboxylic acids is 2. The number of carbonyl (C=O) groups is 2. The number of nitrogens with one attached hydrogen (secondary N) is 2. The molecule has 5 rings (SSSR count). The van der Waals surface area contributed by atoms with Gasteiger partial charge in [-0.25, -0.2) is 4.98 Å². The van der Waals surface area contributed by atoms with E-state index in [4.69, 9.17) is 4.98 Å². The molecular weight excluding hydrogens is 448 g/mol. The Morgan fingerprint density at radius 3 is 2.58 bits per heavy atom. The third kappa shape index (κ3) is 3.91. The van der Waals surface area contributed by atoms with Crippen LogP contribution in [0.3, 0.4) is 0 Å². The number of benzene rings is 1. The number of amides is 2. The van der Waals surface area contributed by atoms with Crippen molar-refractivity contribution in [2.45, 2.75) is 17.3 Å². The van der Waals surface area contributed by atoms with Gasteiger partial charge in [-0.1, -0.05) is 36.0 Å². The van der Waals surface area contributed by atoms with E-state index < -0.39 is 5.25 Å². The van der Waals surface area contributed by atoms with Crippen molar-refractivity contribution in [3.05, 3.63) is 59.3 Å². The van der Waals surface area contributed by atoms with Gasteiger partial charge < -0.3 is 10.3 Å². The topological polar surface area (TPSA) is 78.1 Å². The molecule has 6 nitrogen and oxygen atoms in total. The number of fused-ring (bicyclic) bond motifs is 1. The zero-order chi connectivity index (χ0) is 21.4. The number of para-hydroxylation sites is 2. The predicted molar refractivity (Wildman–Crippen MR) is 128 cm³/mol. The molecule has 156 valence electrons. The van der Waals surface area contributed by atoms with Crippen LogP contribution in [-0.2, 0) is 9.59 Å². The fraction of sp³-hybridized carbons (Fsp3) is 0.136. The average molecular weight is 467 g/mol. The average Bonchev–Trinajstić information content (AvgIpc) is 3.53. The number of nitrogens with zero attached hydrogens (tertiary/aromatic N) is 2. The zero-order valence-corrected chi connectivity index (χ0v) is 18.9. The van der Waals surface area contributed by atoms with Crippen LogP contribution in [0.4, 0.5) is 11.4 Å². The van der Waals surface area contributed by atoms with E-state index in [1.54, 1.807) is 33.6 Å². The molecule has 0 radical (unpaired) electrons. The van der Waals surface area contributed by atoms with E-state index in [0.29, 0.717) is 10.8 Å². The number of rotatable bonds is 5. The number of H-pyrrole nitrogens is 1. The molecule has 3 aromatic heterocycles. The minimum absolute atomic E-state index is 0.0137. The molecule has 0 fully saturated rings. The van der Waals surface area contributed by atoms with Crippen molar-refractivity contribution in [1.29, 1.82) is 0 Å². The molecule has 4 heterocycles. The lowest BCUT2D eigenvalue weighted by atomic mass is 10.2. The Labute approximate surface area is 191 Å². The Balaban J connectivity index is 1.42. The first-order chi connectivity index (χ1) is 15.1. The minimum Gasteiger partial charge on any atom is -0.332 e. The van der Waals surface area contributed by atoms with Crippen LogP contribution in [0.1, 0.15) is 6.92 Å². The van der Waals surface area contributed by atoms with Gasteiger partial charge in [-0.2, -0.15) is 0 Å². The standard InChI is InChI=1S/C22H18N4O2S3/c1-13(21(28)26-12-18(27)23-14-6-2-3-7-15(14)26)31-22-24-19(16-8-4-10-29-16)20(25-22)17-9-5-11-30-17/h2-11,13H,12H2,1H3,(H,23,27)(H,24,25). The molecule has 0 aliphatic carbocycles. The molecule has 4 aromatic rings. The highest BCUT2D eigenvalue weighted by Gasteiger charge is 2.31. The summed E-state index contributed by atoms with van der Waals surface area (Å²) in [6.45, 7) is 1.86. The second-order valence-corrected chi connectivity index (χ2v) is 10.2. The Morgan fingerprint density at radius 1 is 1.10 bits per heavy atom. The van der Waals surface area contributed by atoms with E-state index in [0.717, 1.165) is 26.8 Å². The quantitative estimate of drug-likeness (QED) is 0.390. The summed E-state index contributed by atoms with van der Waals surface area (Å²) in [5.41, 5.74) is 3.23. The van der Waals surface area contributed by atoms with E-state index >= 15 is 0 Å². The molecule has 31 heavy (non-hydrogen) atoms. The van der Waals surface area contributed by atoms with Gasteiger partial charge in [-0.05, 0) is 41.9 Å². The van der Waals surface area contributed by atoms with Crippen molar-refractivity contribution in [2.24, 2.45) is 0 Å². The molecular formula is C22H18N4O2S3. The Hall–Kier alpha value is -2.88. The molecule has 0 spiro atoms. The highest BCUT2D eigenvalue weighted by molar-refractivity contribution is 8.00. The summed E-state index contributed by atoms with van der Waals surface area (Å²) < 4.78 is 0. The lowest BCUT2D eigenvalue weighted by Gasteiger charge is -2.30. The molecule has 1 aliphatic heterocycles. The number of hydrogen-bond donors (Lipinski definition) is 2. The van der Waals surface area contributed by atoms with Crippen molar-refractivity contribution < 1.29 is 9.59 Å². The molecule has 0 saturated heterocycles. The van der Waals surface area contributed by atoms with Gasteiger partial charge in [0, 0.05) is 0 Å². The molecule has 0 bridgehead atoms. The van der Waals surface area contributed by atoms with Gasteiger partial charge in [0.15, 0.2) is 5.16 Å². The van der Waals surface area contributed by atoms with Crippen LogP contribution >= 0.6 is 34.4 Å². The number of thioether (sulfide) groups is 1. The Kier molecular flexibility index (Phi) is 5.39. The summed E-state index contributed by atoms with van der Waals surface area (Å²) in [6, 6.07) is 15.5. The van der Waals surface area contributed by atoms with E-state index in [1.165, 1.54) is 11.8 Å². The van der Waals surface area contributed by atoms with E-state index in [1.807, 2.05) is 54.1 Å². The fourth-order valence-corrected chi connectivity index (χ4v) is 5.78. The largest absolute Gasteiger partial charge is 0.332 e. The highest BCUT2D eigenvalue weighted by Crippen LogP contribution is 2.38. The van der Waals surface area contributed by atoms with Crippen LogP contribution in [0.2, 0.25) is 0 Å². The van der Waals surface area contributed by atoms with E-state index in [9.17, 15) is 9.59 Å². The highest BCUT2D eigenvalue weighted by atomic mass is 32.2. The number of anilines is 2. The molecule has 1 unspecified atom stereocenters. The first-order valence-electron chi connectivity index (χ1n) is 9.65. The summed E-state index contributed by atoms with van der Waals surface area (Å²) in [5.74, 6) is -0.318.